The summed E-state index contributed by atoms with van der Waals surface area (Å²) in [4.78, 5) is 37.2. The highest BCUT2D eigenvalue weighted by atomic mass is 35.5. The Morgan fingerprint density at radius 2 is 1.83 bits per heavy atom. The Morgan fingerprint density at radius 3 is 2.38 bits per heavy atom. The normalized spacial score (nSPS) is 16.3. The zero-order valence-electron chi connectivity index (χ0n) is 13.8. The molecule has 24 heavy (non-hydrogen) atoms. The van der Waals surface area contributed by atoms with Crippen LogP contribution in [0.3, 0.4) is 0 Å². The van der Waals surface area contributed by atoms with Crippen LogP contribution in [0.25, 0.3) is 0 Å². The van der Waals surface area contributed by atoms with Gasteiger partial charge in [-0.3, -0.25) is 9.59 Å². The minimum atomic E-state index is -1.21. The first kappa shape index (κ1) is 18.3. The molecule has 0 aromatic heterocycles. The van der Waals surface area contributed by atoms with Gasteiger partial charge in [-0.05, 0) is 31.0 Å². The summed E-state index contributed by atoms with van der Waals surface area (Å²) in [6, 6.07) is 4.58. The molecule has 0 unspecified atom stereocenters. The number of hydrogen-bond acceptors (Lipinski definition) is 3. The van der Waals surface area contributed by atoms with Gasteiger partial charge in [0.05, 0.1) is 10.6 Å². The molecule has 6 nitrogen and oxygen atoms in total. The number of carboxylic acid groups (broad SMARTS) is 1. The van der Waals surface area contributed by atoms with Crippen LogP contribution < -0.4 is 5.32 Å². The van der Waals surface area contributed by atoms with E-state index in [1.165, 1.54) is 31.0 Å². The van der Waals surface area contributed by atoms with Crippen LogP contribution in [0.1, 0.15) is 49.4 Å². The fraction of sp³-hybridized carbons (Fsp3) is 0.471. The molecule has 0 bridgehead atoms. The second-order valence-corrected chi connectivity index (χ2v) is 6.54. The van der Waals surface area contributed by atoms with Gasteiger partial charge >= 0.3 is 5.97 Å². The van der Waals surface area contributed by atoms with Crippen molar-refractivity contribution in [2.45, 2.75) is 44.6 Å². The number of likely N-dealkylation sites (N-methyl/N-ethyl adjacent to an activating group) is 1. The quantitative estimate of drug-likeness (QED) is 0.871. The zero-order chi connectivity index (χ0) is 17.9. The van der Waals surface area contributed by atoms with Crippen LogP contribution in [0.5, 0.6) is 0 Å². The van der Waals surface area contributed by atoms with Crippen molar-refractivity contribution in [3.8, 4) is 0 Å². The minimum Gasteiger partial charge on any atom is -0.479 e. The van der Waals surface area contributed by atoms with Gasteiger partial charge in [0.2, 0.25) is 5.91 Å². The lowest BCUT2D eigenvalue weighted by Crippen LogP contribution is -2.56. The number of carbonyl (C=O) groups excluding carboxylic acids is 2. The molecule has 1 aliphatic carbocycles. The third kappa shape index (κ3) is 3.53. The lowest BCUT2D eigenvalue weighted by atomic mass is 9.80. The van der Waals surface area contributed by atoms with Crippen LogP contribution in [0, 0.1) is 0 Å². The highest BCUT2D eigenvalue weighted by Crippen LogP contribution is 2.35. The number of benzene rings is 1. The van der Waals surface area contributed by atoms with E-state index in [-0.39, 0.29) is 16.5 Å². The Morgan fingerprint density at radius 1 is 1.21 bits per heavy atom. The predicted molar refractivity (Wildman–Crippen MR) is 91.3 cm³/mol. The predicted octanol–water partition coefficient (Wildman–Crippen LogP) is 3.16. The molecule has 0 radical (unpaired) electrons. The number of carbonyl (C=O) groups is 3. The van der Waals surface area contributed by atoms with E-state index in [0.29, 0.717) is 18.5 Å². The summed E-state index contributed by atoms with van der Waals surface area (Å²) >= 11 is 6.13. The van der Waals surface area contributed by atoms with Crippen LogP contribution in [0.4, 0.5) is 5.69 Å². The van der Waals surface area contributed by atoms with Crippen molar-refractivity contribution in [3.63, 3.8) is 0 Å². The number of aliphatic carboxylic acids is 1. The van der Waals surface area contributed by atoms with E-state index >= 15 is 0 Å². The Kier molecular flexibility index (Phi) is 5.49. The summed E-state index contributed by atoms with van der Waals surface area (Å²) < 4.78 is 0. The third-order valence-corrected chi connectivity index (χ3v) is 4.87. The lowest BCUT2D eigenvalue weighted by molar-refractivity contribution is -0.151. The minimum absolute atomic E-state index is 0.177. The lowest BCUT2D eigenvalue weighted by Gasteiger charge is -2.41. The average Bonchev–Trinajstić information content (AvgIpc) is 2.55. The molecule has 7 heteroatoms. The molecule has 0 spiro atoms. The van der Waals surface area contributed by atoms with Crippen LogP contribution >= 0.6 is 11.6 Å². The molecule has 1 aliphatic rings. The number of hydrogen-bond donors (Lipinski definition) is 2. The summed E-state index contributed by atoms with van der Waals surface area (Å²) in [7, 11) is 1.50. The van der Waals surface area contributed by atoms with Crippen LogP contribution in [0.15, 0.2) is 18.2 Å². The maximum Gasteiger partial charge on any atom is 0.329 e. The smallest absolute Gasteiger partial charge is 0.329 e. The zero-order valence-corrected chi connectivity index (χ0v) is 14.5. The molecule has 0 saturated heterocycles. The van der Waals surface area contributed by atoms with Crippen molar-refractivity contribution in [2.24, 2.45) is 0 Å². The van der Waals surface area contributed by atoms with E-state index in [9.17, 15) is 19.5 Å². The van der Waals surface area contributed by atoms with E-state index < -0.39 is 17.4 Å². The summed E-state index contributed by atoms with van der Waals surface area (Å²) in [5, 5.41) is 12.5. The maximum atomic E-state index is 12.9. The third-order valence-electron chi connectivity index (χ3n) is 4.54. The molecule has 2 N–H and O–H groups in total. The van der Waals surface area contributed by atoms with Gasteiger partial charge in [-0.25, -0.2) is 4.79 Å². The van der Waals surface area contributed by atoms with Crippen LogP contribution in [-0.4, -0.2) is 40.4 Å². The number of halogens is 1. The van der Waals surface area contributed by atoms with Gasteiger partial charge < -0.3 is 15.3 Å². The number of nitrogens with one attached hydrogen (secondary N) is 1. The van der Waals surface area contributed by atoms with Crippen molar-refractivity contribution in [2.75, 3.05) is 12.4 Å². The largest absolute Gasteiger partial charge is 0.479 e. The molecule has 2 rings (SSSR count). The first-order chi connectivity index (χ1) is 11.3. The highest BCUT2D eigenvalue weighted by Gasteiger charge is 2.45. The Bertz CT molecular complexity index is 669. The second kappa shape index (κ2) is 7.21. The number of rotatable bonds is 4. The average molecular weight is 353 g/mol. The number of amides is 2. The molecule has 1 saturated carbocycles. The van der Waals surface area contributed by atoms with Gasteiger partial charge in [-0.15, -0.1) is 0 Å². The van der Waals surface area contributed by atoms with Gasteiger partial charge in [0.15, 0.2) is 0 Å². The molecule has 1 aromatic rings. The highest BCUT2D eigenvalue weighted by molar-refractivity contribution is 6.34. The summed E-state index contributed by atoms with van der Waals surface area (Å²) in [5.41, 5.74) is -0.587. The molecule has 1 aromatic carbocycles. The molecular formula is C17H21ClN2O4. The second-order valence-electron chi connectivity index (χ2n) is 6.14. The van der Waals surface area contributed by atoms with E-state index in [1.54, 1.807) is 6.07 Å². The maximum absolute atomic E-state index is 12.9. The van der Waals surface area contributed by atoms with Crippen molar-refractivity contribution in [3.05, 3.63) is 28.8 Å². The SMILES string of the molecule is CC(=O)Nc1ccc(Cl)c(C(=O)N(C)C2(C(=O)O)CCCCC2)c1. The first-order valence-electron chi connectivity index (χ1n) is 7.86. The van der Waals surface area contributed by atoms with Crippen molar-refractivity contribution < 1.29 is 19.5 Å². The monoisotopic (exact) mass is 352 g/mol. The topological polar surface area (TPSA) is 86.7 Å². The molecule has 0 aliphatic heterocycles. The standard InChI is InChI=1S/C17H21ClN2O4/c1-11(21)19-12-6-7-14(18)13(10-12)15(22)20(2)17(16(23)24)8-4-3-5-9-17/h6-7,10H,3-5,8-9H2,1-2H3,(H,19,21)(H,23,24). The summed E-state index contributed by atoms with van der Waals surface area (Å²) in [6.45, 7) is 1.36. The van der Waals surface area contributed by atoms with Crippen molar-refractivity contribution in [1.29, 1.82) is 0 Å². The number of carboxylic acids is 1. The number of nitrogens with zero attached hydrogens (tertiary/aromatic N) is 1. The van der Waals surface area contributed by atoms with Gasteiger partial charge in [0.1, 0.15) is 5.54 Å². The number of anilines is 1. The van der Waals surface area contributed by atoms with Crippen LogP contribution in [-0.2, 0) is 9.59 Å². The Balaban J connectivity index is 2.35. The summed E-state index contributed by atoms with van der Waals surface area (Å²) in [5.74, 6) is -1.72. The van der Waals surface area contributed by atoms with E-state index in [4.69, 9.17) is 11.6 Å². The molecular weight excluding hydrogens is 332 g/mol. The van der Waals surface area contributed by atoms with E-state index in [2.05, 4.69) is 5.32 Å². The van der Waals surface area contributed by atoms with E-state index in [1.807, 2.05) is 0 Å². The van der Waals surface area contributed by atoms with Gasteiger partial charge in [-0.2, -0.15) is 0 Å². The fourth-order valence-corrected chi connectivity index (χ4v) is 3.37. The van der Waals surface area contributed by atoms with Gasteiger partial charge in [0.25, 0.3) is 5.91 Å². The first-order valence-corrected chi connectivity index (χ1v) is 8.24. The Labute approximate surface area is 145 Å². The van der Waals surface area contributed by atoms with Gasteiger partial charge in [0, 0.05) is 19.7 Å². The molecule has 0 atom stereocenters. The Hall–Kier alpha value is -2.08. The summed E-state index contributed by atoms with van der Waals surface area (Å²) in [6.07, 6.45) is 3.35. The molecule has 0 heterocycles. The fourth-order valence-electron chi connectivity index (χ4n) is 3.17. The molecule has 130 valence electrons. The van der Waals surface area contributed by atoms with Gasteiger partial charge in [-0.1, -0.05) is 30.9 Å². The molecule has 2 amide bonds. The van der Waals surface area contributed by atoms with Crippen molar-refractivity contribution >= 4 is 35.1 Å². The molecule has 1 fully saturated rings. The van der Waals surface area contributed by atoms with Crippen molar-refractivity contribution in [1.82, 2.24) is 4.90 Å². The van der Waals surface area contributed by atoms with E-state index in [0.717, 1.165) is 19.3 Å². The van der Waals surface area contributed by atoms with Crippen LogP contribution in [0.2, 0.25) is 5.02 Å².